The molecule has 0 radical (unpaired) electrons. The summed E-state index contributed by atoms with van der Waals surface area (Å²) >= 11 is 7.43. The fourth-order valence-electron chi connectivity index (χ4n) is 1.31. The minimum atomic E-state index is 0.454. The molecule has 2 nitrogen and oxygen atoms in total. The number of aromatic nitrogens is 2. The van der Waals surface area contributed by atoms with Gasteiger partial charge in [0.2, 0.25) is 0 Å². The summed E-state index contributed by atoms with van der Waals surface area (Å²) in [4.78, 5) is 1.25. The normalized spacial score (nSPS) is 10.5. The first-order chi connectivity index (χ1) is 7.33. The van der Waals surface area contributed by atoms with E-state index >= 15 is 0 Å². The van der Waals surface area contributed by atoms with Gasteiger partial charge < -0.3 is 0 Å². The standard InChI is InChI=1S/C11H11ClN2S/c1-15-11-4-2-10(3-5-11)14-7-6-9(8-12)13-14/h2-7H,8H2,1H3. The fraction of sp³-hybridized carbons (Fsp3) is 0.182. The van der Waals surface area contributed by atoms with E-state index in [0.717, 1.165) is 11.4 Å². The smallest absolute Gasteiger partial charge is 0.0776 e. The molecule has 0 N–H and O–H groups in total. The van der Waals surface area contributed by atoms with E-state index in [2.05, 4.69) is 35.6 Å². The van der Waals surface area contributed by atoms with Gasteiger partial charge in [0.1, 0.15) is 0 Å². The van der Waals surface area contributed by atoms with Crippen molar-refractivity contribution < 1.29 is 0 Å². The number of benzene rings is 1. The number of thioether (sulfide) groups is 1. The summed E-state index contributed by atoms with van der Waals surface area (Å²) in [6.07, 6.45) is 3.99. The van der Waals surface area contributed by atoms with Crippen LogP contribution in [0.15, 0.2) is 41.4 Å². The Morgan fingerprint density at radius 2 is 2.00 bits per heavy atom. The highest BCUT2D eigenvalue weighted by molar-refractivity contribution is 7.98. The van der Waals surface area contributed by atoms with Crippen molar-refractivity contribution in [2.45, 2.75) is 10.8 Å². The lowest BCUT2D eigenvalue weighted by Crippen LogP contribution is -1.94. The third-order valence-corrected chi connectivity index (χ3v) is 3.14. The van der Waals surface area contributed by atoms with Crippen LogP contribution in [0.5, 0.6) is 0 Å². The molecule has 0 aliphatic carbocycles. The SMILES string of the molecule is CSc1ccc(-n2ccc(CCl)n2)cc1. The van der Waals surface area contributed by atoms with E-state index in [4.69, 9.17) is 11.6 Å². The molecule has 4 heteroatoms. The van der Waals surface area contributed by atoms with E-state index in [1.54, 1.807) is 11.8 Å². The molecule has 2 aromatic rings. The van der Waals surface area contributed by atoms with Crippen molar-refractivity contribution >= 4 is 23.4 Å². The van der Waals surface area contributed by atoms with Crippen LogP contribution in [0.4, 0.5) is 0 Å². The third kappa shape index (κ3) is 2.36. The molecule has 0 aliphatic heterocycles. The van der Waals surface area contributed by atoms with Gasteiger partial charge in [0.15, 0.2) is 0 Å². The van der Waals surface area contributed by atoms with E-state index < -0.39 is 0 Å². The zero-order chi connectivity index (χ0) is 10.7. The van der Waals surface area contributed by atoms with Gasteiger partial charge in [-0.15, -0.1) is 23.4 Å². The predicted molar refractivity (Wildman–Crippen MR) is 64.9 cm³/mol. The van der Waals surface area contributed by atoms with Crippen molar-refractivity contribution in [2.75, 3.05) is 6.26 Å². The largest absolute Gasteiger partial charge is 0.241 e. The monoisotopic (exact) mass is 238 g/mol. The van der Waals surface area contributed by atoms with Crippen LogP contribution in [-0.2, 0) is 5.88 Å². The minimum Gasteiger partial charge on any atom is -0.241 e. The van der Waals surface area contributed by atoms with Crippen molar-refractivity contribution in [3.05, 3.63) is 42.2 Å². The molecule has 0 atom stereocenters. The molecular formula is C11H11ClN2S. The summed E-state index contributed by atoms with van der Waals surface area (Å²) in [5.74, 6) is 0.454. The van der Waals surface area contributed by atoms with Crippen LogP contribution in [0.2, 0.25) is 0 Å². The Morgan fingerprint density at radius 1 is 1.27 bits per heavy atom. The average molecular weight is 239 g/mol. The average Bonchev–Trinajstić information content (AvgIpc) is 2.78. The highest BCUT2D eigenvalue weighted by atomic mass is 35.5. The molecule has 1 aromatic heterocycles. The number of hydrogen-bond donors (Lipinski definition) is 0. The summed E-state index contributed by atoms with van der Waals surface area (Å²) < 4.78 is 1.84. The molecule has 2 rings (SSSR count). The van der Waals surface area contributed by atoms with Crippen LogP contribution in [0, 0.1) is 0 Å². The number of rotatable bonds is 3. The molecular weight excluding hydrogens is 228 g/mol. The lowest BCUT2D eigenvalue weighted by atomic mass is 10.3. The Balaban J connectivity index is 2.28. The maximum Gasteiger partial charge on any atom is 0.0776 e. The summed E-state index contributed by atoms with van der Waals surface area (Å²) in [6.45, 7) is 0. The molecule has 0 fully saturated rings. The Morgan fingerprint density at radius 3 is 2.53 bits per heavy atom. The summed E-state index contributed by atoms with van der Waals surface area (Å²) in [6, 6.07) is 10.2. The van der Waals surface area contributed by atoms with Crippen LogP contribution < -0.4 is 0 Å². The molecule has 15 heavy (non-hydrogen) atoms. The minimum absolute atomic E-state index is 0.454. The highest BCUT2D eigenvalue weighted by Crippen LogP contribution is 2.17. The van der Waals surface area contributed by atoms with Crippen molar-refractivity contribution in [1.82, 2.24) is 9.78 Å². The lowest BCUT2D eigenvalue weighted by molar-refractivity contribution is 0.857. The number of nitrogens with zero attached hydrogens (tertiary/aromatic N) is 2. The second-order valence-corrected chi connectivity index (χ2v) is 4.23. The first-order valence-corrected chi connectivity index (χ1v) is 6.34. The first-order valence-electron chi connectivity index (χ1n) is 4.58. The van der Waals surface area contributed by atoms with Gasteiger partial charge in [-0.05, 0) is 36.6 Å². The molecule has 0 aliphatic rings. The molecule has 1 aromatic carbocycles. The van der Waals surface area contributed by atoms with Gasteiger partial charge in [-0.3, -0.25) is 0 Å². The lowest BCUT2D eigenvalue weighted by Gasteiger charge is -2.01. The van der Waals surface area contributed by atoms with E-state index in [9.17, 15) is 0 Å². The van der Waals surface area contributed by atoms with Gasteiger partial charge >= 0.3 is 0 Å². The number of alkyl halides is 1. The van der Waals surface area contributed by atoms with Crippen molar-refractivity contribution in [3.63, 3.8) is 0 Å². The molecule has 0 unspecified atom stereocenters. The summed E-state index contributed by atoms with van der Waals surface area (Å²) in [5, 5.41) is 4.33. The molecule has 1 heterocycles. The molecule has 78 valence electrons. The quantitative estimate of drug-likeness (QED) is 0.603. The molecule has 0 amide bonds. The van der Waals surface area contributed by atoms with Crippen molar-refractivity contribution in [1.29, 1.82) is 0 Å². The van der Waals surface area contributed by atoms with E-state index in [-0.39, 0.29) is 0 Å². The molecule has 0 saturated heterocycles. The van der Waals surface area contributed by atoms with Crippen LogP contribution in [-0.4, -0.2) is 16.0 Å². The molecule has 0 spiro atoms. The third-order valence-electron chi connectivity index (χ3n) is 2.12. The Labute approximate surface area is 98.3 Å². The van der Waals surface area contributed by atoms with Gasteiger partial charge in [0.05, 0.1) is 17.3 Å². The summed E-state index contributed by atoms with van der Waals surface area (Å²) in [5.41, 5.74) is 1.95. The van der Waals surface area contributed by atoms with Gasteiger partial charge in [0.25, 0.3) is 0 Å². The number of halogens is 1. The topological polar surface area (TPSA) is 17.8 Å². The second-order valence-electron chi connectivity index (χ2n) is 3.08. The first kappa shape index (κ1) is 10.6. The summed E-state index contributed by atoms with van der Waals surface area (Å²) in [7, 11) is 0. The van der Waals surface area contributed by atoms with Crippen molar-refractivity contribution in [2.24, 2.45) is 0 Å². The highest BCUT2D eigenvalue weighted by Gasteiger charge is 1.99. The van der Waals surface area contributed by atoms with Crippen LogP contribution >= 0.6 is 23.4 Å². The zero-order valence-corrected chi connectivity index (χ0v) is 9.92. The molecule has 0 bridgehead atoms. The second kappa shape index (κ2) is 4.73. The predicted octanol–water partition coefficient (Wildman–Crippen LogP) is 3.33. The van der Waals surface area contributed by atoms with Crippen LogP contribution in [0.1, 0.15) is 5.69 Å². The van der Waals surface area contributed by atoms with Crippen molar-refractivity contribution in [3.8, 4) is 5.69 Å². The van der Waals surface area contributed by atoms with E-state index in [1.165, 1.54) is 4.90 Å². The van der Waals surface area contributed by atoms with Gasteiger partial charge in [-0.2, -0.15) is 5.10 Å². The Hall–Kier alpha value is -0.930. The van der Waals surface area contributed by atoms with E-state index in [0.29, 0.717) is 5.88 Å². The Bertz CT molecular complexity index is 436. The molecule has 0 saturated carbocycles. The van der Waals surface area contributed by atoms with Crippen LogP contribution in [0.25, 0.3) is 5.69 Å². The van der Waals surface area contributed by atoms with E-state index in [1.807, 2.05) is 16.9 Å². The maximum absolute atomic E-state index is 5.70. The van der Waals surface area contributed by atoms with Crippen LogP contribution in [0.3, 0.4) is 0 Å². The van der Waals surface area contributed by atoms with Gasteiger partial charge in [-0.1, -0.05) is 0 Å². The fourth-order valence-corrected chi connectivity index (χ4v) is 1.86. The van der Waals surface area contributed by atoms with Gasteiger partial charge in [0, 0.05) is 11.1 Å². The maximum atomic E-state index is 5.70. The Kier molecular flexibility index (Phi) is 3.34. The zero-order valence-electron chi connectivity index (χ0n) is 8.35. The number of hydrogen-bond acceptors (Lipinski definition) is 2. The van der Waals surface area contributed by atoms with Gasteiger partial charge in [-0.25, -0.2) is 4.68 Å².